The molecule has 0 amide bonds. The molecule has 1 aromatic heterocycles. The number of aryl methyl sites for hydroxylation is 1. The van der Waals surface area contributed by atoms with E-state index < -0.39 is 4.92 Å². The molecule has 0 aliphatic heterocycles. The fraction of sp³-hybridized carbons (Fsp3) is 0.143. The van der Waals surface area contributed by atoms with Crippen molar-refractivity contribution in [1.29, 1.82) is 0 Å². The maximum absolute atomic E-state index is 10.9. The summed E-state index contributed by atoms with van der Waals surface area (Å²) in [5, 5.41) is 14.9. The van der Waals surface area contributed by atoms with Crippen molar-refractivity contribution in [3.05, 3.63) is 57.4 Å². The lowest BCUT2D eigenvalue weighted by molar-refractivity contribution is -0.384. The highest BCUT2D eigenvalue weighted by Gasteiger charge is 2.12. The van der Waals surface area contributed by atoms with E-state index in [0.717, 1.165) is 22.6 Å². The van der Waals surface area contributed by atoms with Gasteiger partial charge in [0, 0.05) is 29.1 Å². The maximum atomic E-state index is 10.9. The number of nitro benzene ring substituents is 1. The van der Waals surface area contributed by atoms with Crippen LogP contribution >= 0.6 is 12.2 Å². The molecule has 22 heavy (non-hydrogen) atoms. The van der Waals surface area contributed by atoms with Crippen LogP contribution in [0.5, 0.6) is 0 Å². The normalized spacial score (nSPS) is 10.8. The van der Waals surface area contributed by atoms with E-state index in [1.807, 2.05) is 30.5 Å². The van der Waals surface area contributed by atoms with Crippen LogP contribution in [0.25, 0.3) is 5.69 Å². The average molecular weight is 317 g/mol. The summed E-state index contributed by atoms with van der Waals surface area (Å²) in [4.78, 5) is 10.5. The van der Waals surface area contributed by atoms with E-state index >= 15 is 0 Å². The van der Waals surface area contributed by atoms with E-state index in [-0.39, 0.29) is 10.8 Å². The van der Waals surface area contributed by atoms with Gasteiger partial charge < -0.3 is 10.3 Å². The minimum Gasteiger partial charge on any atom is -0.375 e. The zero-order chi connectivity index (χ0) is 16.3. The van der Waals surface area contributed by atoms with Crippen molar-refractivity contribution >= 4 is 29.2 Å². The molecule has 0 aliphatic carbocycles. The number of rotatable bonds is 4. The third-order valence-electron chi connectivity index (χ3n) is 3.15. The van der Waals surface area contributed by atoms with E-state index in [1.54, 1.807) is 12.3 Å². The SMILES string of the molecule is Cc1cc(C=NNC(N)=S)c(C)n1-c1cccc([N+](=O)[O-])c1. The minimum absolute atomic E-state index is 0.0513. The van der Waals surface area contributed by atoms with Gasteiger partial charge in [0.15, 0.2) is 5.11 Å². The second-order valence-corrected chi connectivity index (χ2v) is 5.11. The summed E-state index contributed by atoms with van der Waals surface area (Å²) >= 11 is 4.67. The van der Waals surface area contributed by atoms with Crippen LogP contribution in [0, 0.1) is 24.0 Å². The van der Waals surface area contributed by atoms with Gasteiger partial charge in [-0.3, -0.25) is 15.5 Å². The number of hydrazone groups is 1. The molecule has 0 atom stereocenters. The third kappa shape index (κ3) is 3.29. The summed E-state index contributed by atoms with van der Waals surface area (Å²) in [6.45, 7) is 3.83. The molecule has 1 heterocycles. The second-order valence-electron chi connectivity index (χ2n) is 4.67. The first kappa shape index (κ1) is 15.6. The monoisotopic (exact) mass is 317 g/mol. The van der Waals surface area contributed by atoms with E-state index in [9.17, 15) is 10.1 Å². The molecule has 0 aliphatic rings. The largest absolute Gasteiger partial charge is 0.375 e. The number of hydrogen-bond acceptors (Lipinski definition) is 4. The summed E-state index contributed by atoms with van der Waals surface area (Å²) < 4.78 is 1.93. The molecule has 0 radical (unpaired) electrons. The van der Waals surface area contributed by atoms with Gasteiger partial charge in [0.25, 0.3) is 5.69 Å². The minimum atomic E-state index is -0.411. The first-order chi connectivity index (χ1) is 10.4. The van der Waals surface area contributed by atoms with Crippen LogP contribution in [-0.4, -0.2) is 20.8 Å². The van der Waals surface area contributed by atoms with Crippen molar-refractivity contribution in [3.63, 3.8) is 0 Å². The molecule has 2 rings (SSSR count). The Bertz CT molecular complexity index is 767. The number of nitrogens with two attached hydrogens (primary N) is 1. The lowest BCUT2D eigenvalue weighted by Crippen LogP contribution is -2.24. The molecule has 2 aromatic rings. The summed E-state index contributed by atoms with van der Waals surface area (Å²) in [6, 6.07) is 8.41. The number of nitrogens with zero attached hydrogens (tertiary/aromatic N) is 3. The first-order valence-corrected chi connectivity index (χ1v) is 6.83. The highest BCUT2D eigenvalue weighted by atomic mass is 32.1. The van der Waals surface area contributed by atoms with Crippen molar-refractivity contribution in [2.24, 2.45) is 10.8 Å². The van der Waals surface area contributed by atoms with Gasteiger partial charge in [-0.15, -0.1) is 0 Å². The standard InChI is InChI=1S/C14H15N5O2S/c1-9-6-11(8-16-17-14(15)22)10(2)18(9)12-4-3-5-13(7-12)19(20)21/h3-8H,1-2H3,(H3,15,17,22). The number of nitro groups is 1. The Kier molecular flexibility index (Phi) is 4.52. The molecule has 0 unspecified atom stereocenters. The highest BCUT2D eigenvalue weighted by Crippen LogP contribution is 2.22. The van der Waals surface area contributed by atoms with Crippen molar-refractivity contribution in [2.75, 3.05) is 0 Å². The Labute approximate surface area is 132 Å². The van der Waals surface area contributed by atoms with Crippen LogP contribution in [0.15, 0.2) is 35.4 Å². The first-order valence-electron chi connectivity index (χ1n) is 6.42. The van der Waals surface area contributed by atoms with E-state index in [1.165, 1.54) is 12.1 Å². The van der Waals surface area contributed by atoms with Crippen molar-refractivity contribution < 1.29 is 4.92 Å². The van der Waals surface area contributed by atoms with Crippen LogP contribution in [0.1, 0.15) is 17.0 Å². The van der Waals surface area contributed by atoms with Gasteiger partial charge in [-0.1, -0.05) is 6.07 Å². The zero-order valence-corrected chi connectivity index (χ0v) is 12.9. The molecule has 0 saturated carbocycles. The van der Waals surface area contributed by atoms with E-state index in [0.29, 0.717) is 0 Å². The number of benzene rings is 1. The molecule has 1 aromatic carbocycles. The fourth-order valence-corrected chi connectivity index (χ4v) is 2.28. The number of non-ortho nitro benzene ring substituents is 1. The molecule has 8 heteroatoms. The summed E-state index contributed by atoms with van der Waals surface area (Å²) in [5.41, 5.74) is 11.3. The summed E-state index contributed by atoms with van der Waals surface area (Å²) in [5.74, 6) is 0. The Morgan fingerprint density at radius 1 is 1.45 bits per heavy atom. The molecule has 114 valence electrons. The van der Waals surface area contributed by atoms with E-state index in [2.05, 4.69) is 22.7 Å². The predicted molar refractivity (Wildman–Crippen MR) is 89.4 cm³/mol. The van der Waals surface area contributed by atoms with Crippen LogP contribution < -0.4 is 11.2 Å². The Morgan fingerprint density at radius 3 is 2.82 bits per heavy atom. The quantitative estimate of drug-likeness (QED) is 0.390. The molecular formula is C14H15N5O2S. The van der Waals surface area contributed by atoms with Gasteiger partial charge in [0.05, 0.1) is 16.8 Å². The molecule has 0 saturated heterocycles. The van der Waals surface area contributed by atoms with Crippen LogP contribution in [-0.2, 0) is 0 Å². The average Bonchev–Trinajstić information content (AvgIpc) is 2.73. The molecule has 7 nitrogen and oxygen atoms in total. The molecular weight excluding hydrogens is 302 g/mol. The Balaban J connectivity index is 2.42. The predicted octanol–water partition coefficient (Wildman–Crippen LogP) is 2.17. The van der Waals surface area contributed by atoms with Gasteiger partial charge in [0.2, 0.25) is 0 Å². The fourth-order valence-electron chi connectivity index (χ4n) is 2.23. The number of hydrogen-bond donors (Lipinski definition) is 2. The molecule has 3 N–H and O–H groups in total. The Morgan fingerprint density at radius 2 is 2.18 bits per heavy atom. The Hall–Kier alpha value is -2.74. The second kappa shape index (κ2) is 6.35. The summed E-state index contributed by atoms with van der Waals surface area (Å²) in [6.07, 6.45) is 1.61. The van der Waals surface area contributed by atoms with Crippen molar-refractivity contribution in [1.82, 2.24) is 9.99 Å². The van der Waals surface area contributed by atoms with Gasteiger partial charge in [0.1, 0.15) is 0 Å². The molecule has 0 spiro atoms. The molecule has 0 bridgehead atoms. The van der Waals surface area contributed by atoms with Gasteiger partial charge in [-0.25, -0.2) is 0 Å². The lowest BCUT2D eigenvalue weighted by Gasteiger charge is -2.09. The summed E-state index contributed by atoms with van der Waals surface area (Å²) in [7, 11) is 0. The zero-order valence-electron chi connectivity index (χ0n) is 12.1. The van der Waals surface area contributed by atoms with Crippen LogP contribution in [0.3, 0.4) is 0 Å². The third-order valence-corrected chi connectivity index (χ3v) is 3.24. The van der Waals surface area contributed by atoms with Gasteiger partial charge >= 0.3 is 0 Å². The number of aromatic nitrogens is 1. The smallest absolute Gasteiger partial charge is 0.271 e. The van der Waals surface area contributed by atoms with Crippen LogP contribution in [0.4, 0.5) is 5.69 Å². The van der Waals surface area contributed by atoms with Gasteiger partial charge in [-0.2, -0.15) is 5.10 Å². The maximum Gasteiger partial charge on any atom is 0.271 e. The highest BCUT2D eigenvalue weighted by molar-refractivity contribution is 7.80. The van der Waals surface area contributed by atoms with Crippen molar-refractivity contribution in [3.8, 4) is 5.69 Å². The molecule has 0 fully saturated rings. The topological polar surface area (TPSA) is 98.5 Å². The van der Waals surface area contributed by atoms with E-state index in [4.69, 9.17) is 5.73 Å². The number of nitrogens with one attached hydrogen (secondary N) is 1. The lowest BCUT2D eigenvalue weighted by atomic mass is 10.2. The number of thiocarbonyl (C=S) groups is 1. The van der Waals surface area contributed by atoms with Gasteiger partial charge in [-0.05, 0) is 38.2 Å². The van der Waals surface area contributed by atoms with Crippen LogP contribution in [0.2, 0.25) is 0 Å². The van der Waals surface area contributed by atoms with Crippen molar-refractivity contribution in [2.45, 2.75) is 13.8 Å².